The largest absolute Gasteiger partial charge is 0.361 e. The molecule has 1 atom stereocenters. The number of nitrogens with zero attached hydrogens (tertiary/aromatic N) is 4. The third kappa shape index (κ3) is 3.40. The lowest BCUT2D eigenvalue weighted by Crippen LogP contribution is -2.40. The fourth-order valence-electron chi connectivity index (χ4n) is 3.60. The third-order valence-corrected chi connectivity index (χ3v) is 4.86. The molecular formula is C20H22N4O2. The van der Waals surface area contributed by atoms with Crippen molar-refractivity contribution < 1.29 is 9.32 Å². The Labute approximate surface area is 152 Å². The quantitative estimate of drug-likeness (QED) is 0.724. The van der Waals surface area contributed by atoms with Crippen molar-refractivity contribution in [2.75, 3.05) is 13.1 Å². The Kier molecular flexibility index (Phi) is 4.56. The monoisotopic (exact) mass is 350 g/mol. The van der Waals surface area contributed by atoms with Crippen molar-refractivity contribution in [2.24, 2.45) is 0 Å². The first-order valence-electron chi connectivity index (χ1n) is 8.98. The molecule has 26 heavy (non-hydrogen) atoms. The highest BCUT2D eigenvalue weighted by atomic mass is 16.5. The molecule has 0 unspecified atom stereocenters. The Morgan fingerprint density at radius 3 is 2.92 bits per heavy atom. The molecule has 4 rings (SSSR count). The summed E-state index contributed by atoms with van der Waals surface area (Å²) in [7, 11) is 0. The number of carbonyl (C=O) groups is 1. The number of aryl methyl sites for hydroxylation is 1. The van der Waals surface area contributed by atoms with Crippen LogP contribution in [-0.4, -0.2) is 38.6 Å². The van der Waals surface area contributed by atoms with E-state index in [1.807, 2.05) is 35.5 Å². The molecule has 0 bridgehead atoms. The molecule has 2 aromatic heterocycles. The highest BCUT2D eigenvalue weighted by Crippen LogP contribution is 2.27. The molecule has 1 aromatic carbocycles. The number of benzene rings is 1. The molecule has 134 valence electrons. The topological polar surface area (TPSA) is 64.2 Å². The van der Waals surface area contributed by atoms with Crippen molar-refractivity contribution in [1.82, 2.24) is 19.6 Å². The maximum atomic E-state index is 12.7. The number of likely N-dealkylation sites (tertiary alicyclic amines) is 1. The van der Waals surface area contributed by atoms with Crippen LogP contribution in [0.5, 0.6) is 0 Å². The van der Waals surface area contributed by atoms with Crippen LogP contribution in [0.2, 0.25) is 0 Å². The van der Waals surface area contributed by atoms with E-state index in [-0.39, 0.29) is 11.8 Å². The van der Waals surface area contributed by atoms with Crippen LogP contribution in [-0.2, 0) is 6.54 Å². The van der Waals surface area contributed by atoms with E-state index in [2.05, 4.69) is 26.8 Å². The van der Waals surface area contributed by atoms with Crippen LogP contribution in [0.3, 0.4) is 0 Å². The number of piperidine rings is 1. The van der Waals surface area contributed by atoms with Crippen LogP contribution in [0.4, 0.5) is 0 Å². The zero-order valence-corrected chi connectivity index (χ0v) is 14.8. The summed E-state index contributed by atoms with van der Waals surface area (Å²) < 4.78 is 7.24. The molecule has 1 aliphatic rings. The standard InChI is InChI=1S/C20H22N4O2/c1-15-12-18(22-26-15)20(25)24-10-5-8-17(14-24)19-21-9-11-23(19)13-16-6-3-2-4-7-16/h2-4,6-7,9,11-12,17H,5,8,10,13-14H2,1H3/t17-/m0/s1. The van der Waals surface area contributed by atoms with Crippen LogP contribution in [0.1, 0.15) is 46.4 Å². The van der Waals surface area contributed by atoms with E-state index >= 15 is 0 Å². The van der Waals surface area contributed by atoms with Crippen molar-refractivity contribution in [3.8, 4) is 0 Å². The van der Waals surface area contributed by atoms with E-state index in [9.17, 15) is 4.79 Å². The highest BCUT2D eigenvalue weighted by Gasteiger charge is 2.29. The Morgan fingerprint density at radius 1 is 1.31 bits per heavy atom. The summed E-state index contributed by atoms with van der Waals surface area (Å²) in [6, 6.07) is 12.1. The van der Waals surface area contributed by atoms with Crippen molar-refractivity contribution in [3.63, 3.8) is 0 Å². The van der Waals surface area contributed by atoms with Crippen LogP contribution < -0.4 is 0 Å². The summed E-state index contributed by atoms with van der Waals surface area (Å²) >= 11 is 0. The second-order valence-corrected chi connectivity index (χ2v) is 6.81. The fourth-order valence-corrected chi connectivity index (χ4v) is 3.60. The van der Waals surface area contributed by atoms with Gasteiger partial charge in [0.05, 0.1) is 0 Å². The van der Waals surface area contributed by atoms with Gasteiger partial charge in [0.25, 0.3) is 5.91 Å². The summed E-state index contributed by atoms with van der Waals surface area (Å²) in [5.74, 6) is 1.87. The van der Waals surface area contributed by atoms with Gasteiger partial charge in [0.15, 0.2) is 5.69 Å². The number of hydrogen-bond donors (Lipinski definition) is 0. The molecule has 0 N–H and O–H groups in total. The van der Waals surface area contributed by atoms with Gasteiger partial charge in [-0.05, 0) is 25.3 Å². The van der Waals surface area contributed by atoms with Crippen molar-refractivity contribution in [3.05, 3.63) is 71.6 Å². The molecule has 0 aliphatic carbocycles. The number of rotatable bonds is 4. The molecular weight excluding hydrogens is 328 g/mol. The number of hydrogen-bond acceptors (Lipinski definition) is 4. The average molecular weight is 350 g/mol. The van der Waals surface area contributed by atoms with Crippen LogP contribution >= 0.6 is 0 Å². The minimum absolute atomic E-state index is 0.0623. The maximum Gasteiger partial charge on any atom is 0.276 e. The van der Waals surface area contributed by atoms with Gasteiger partial charge in [-0.1, -0.05) is 35.5 Å². The van der Waals surface area contributed by atoms with E-state index in [1.54, 1.807) is 13.0 Å². The average Bonchev–Trinajstić information content (AvgIpc) is 3.31. The van der Waals surface area contributed by atoms with Crippen LogP contribution in [0.25, 0.3) is 0 Å². The first-order chi connectivity index (χ1) is 12.7. The molecule has 0 spiro atoms. The molecule has 1 amide bonds. The number of imidazole rings is 1. The molecule has 0 radical (unpaired) electrons. The van der Waals surface area contributed by atoms with Gasteiger partial charge in [-0.3, -0.25) is 4.79 Å². The third-order valence-electron chi connectivity index (χ3n) is 4.86. The van der Waals surface area contributed by atoms with E-state index in [0.717, 1.165) is 31.8 Å². The van der Waals surface area contributed by atoms with Crippen molar-refractivity contribution in [2.45, 2.75) is 32.2 Å². The van der Waals surface area contributed by atoms with Gasteiger partial charge in [-0.2, -0.15) is 0 Å². The summed E-state index contributed by atoms with van der Waals surface area (Å²) in [4.78, 5) is 19.1. The van der Waals surface area contributed by atoms with Gasteiger partial charge in [0, 0.05) is 44.0 Å². The minimum Gasteiger partial charge on any atom is -0.361 e. The maximum absolute atomic E-state index is 12.7. The summed E-state index contributed by atoms with van der Waals surface area (Å²) in [6.07, 6.45) is 5.86. The van der Waals surface area contributed by atoms with Crippen molar-refractivity contribution in [1.29, 1.82) is 0 Å². The first-order valence-corrected chi connectivity index (χ1v) is 8.98. The van der Waals surface area contributed by atoms with Crippen LogP contribution in [0.15, 0.2) is 53.3 Å². The van der Waals surface area contributed by atoms with Crippen LogP contribution in [0, 0.1) is 6.92 Å². The molecule has 3 heterocycles. The van der Waals surface area contributed by atoms with Gasteiger partial charge >= 0.3 is 0 Å². The van der Waals surface area contributed by atoms with Gasteiger partial charge in [-0.25, -0.2) is 4.98 Å². The van der Waals surface area contributed by atoms with Gasteiger partial charge < -0.3 is 14.0 Å². The van der Waals surface area contributed by atoms with Crippen molar-refractivity contribution >= 4 is 5.91 Å². The minimum atomic E-state index is -0.0623. The smallest absolute Gasteiger partial charge is 0.276 e. The van der Waals surface area contributed by atoms with E-state index in [1.165, 1.54) is 5.56 Å². The van der Waals surface area contributed by atoms with E-state index in [0.29, 0.717) is 18.0 Å². The lowest BCUT2D eigenvalue weighted by Gasteiger charge is -2.32. The zero-order chi connectivity index (χ0) is 17.9. The summed E-state index contributed by atoms with van der Waals surface area (Å²) in [5, 5.41) is 3.87. The lowest BCUT2D eigenvalue weighted by molar-refractivity contribution is 0.0693. The second kappa shape index (κ2) is 7.15. The lowest BCUT2D eigenvalue weighted by atomic mass is 9.96. The number of amides is 1. The highest BCUT2D eigenvalue weighted by molar-refractivity contribution is 5.92. The first kappa shape index (κ1) is 16.6. The molecule has 1 fully saturated rings. The Morgan fingerprint density at radius 2 is 2.15 bits per heavy atom. The predicted molar refractivity (Wildman–Crippen MR) is 96.9 cm³/mol. The fraction of sp³-hybridized carbons (Fsp3) is 0.350. The SMILES string of the molecule is Cc1cc(C(=O)N2CCC[C@H](c3nccn3Cc3ccccc3)C2)no1. The zero-order valence-electron chi connectivity index (χ0n) is 14.8. The molecule has 0 saturated carbocycles. The van der Waals surface area contributed by atoms with Gasteiger partial charge in [0.2, 0.25) is 0 Å². The van der Waals surface area contributed by atoms with Gasteiger partial charge in [0.1, 0.15) is 11.6 Å². The molecule has 1 aliphatic heterocycles. The Bertz CT molecular complexity index is 884. The Balaban J connectivity index is 1.50. The Hall–Kier alpha value is -2.89. The normalized spacial score (nSPS) is 17.4. The number of carbonyl (C=O) groups excluding carboxylic acids is 1. The molecule has 3 aromatic rings. The van der Waals surface area contributed by atoms with E-state index < -0.39 is 0 Å². The van der Waals surface area contributed by atoms with E-state index in [4.69, 9.17) is 4.52 Å². The predicted octanol–water partition coefficient (Wildman–Crippen LogP) is 3.25. The second-order valence-electron chi connectivity index (χ2n) is 6.81. The summed E-state index contributed by atoms with van der Waals surface area (Å²) in [6.45, 7) is 4.00. The molecule has 1 saturated heterocycles. The molecule has 6 nitrogen and oxygen atoms in total. The number of aromatic nitrogens is 3. The van der Waals surface area contributed by atoms with Gasteiger partial charge in [-0.15, -0.1) is 0 Å². The summed E-state index contributed by atoms with van der Waals surface area (Å²) in [5.41, 5.74) is 1.63. The molecule has 6 heteroatoms.